The van der Waals surface area contributed by atoms with E-state index in [4.69, 9.17) is 5.41 Å². The maximum absolute atomic E-state index is 11.1. The van der Waals surface area contributed by atoms with Crippen LogP contribution in [-0.4, -0.2) is 43.7 Å². The SMILES string of the molecule is N=C(C1CC1)N1CCS(=O)(=O)CC1. The Bertz CT molecular complexity index is 305. The molecule has 4 nitrogen and oxygen atoms in total. The molecule has 1 heterocycles. The van der Waals surface area contributed by atoms with Crippen LogP contribution in [0.2, 0.25) is 0 Å². The van der Waals surface area contributed by atoms with Crippen molar-refractivity contribution >= 4 is 15.7 Å². The van der Waals surface area contributed by atoms with Crippen LogP contribution in [0.1, 0.15) is 12.8 Å². The van der Waals surface area contributed by atoms with Crippen molar-refractivity contribution in [1.29, 1.82) is 5.41 Å². The summed E-state index contributed by atoms with van der Waals surface area (Å²) < 4.78 is 22.2. The van der Waals surface area contributed by atoms with Crippen molar-refractivity contribution in [1.82, 2.24) is 4.90 Å². The molecule has 1 N–H and O–H groups in total. The molecule has 0 aromatic heterocycles. The van der Waals surface area contributed by atoms with Crippen LogP contribution in [0.5, 0.6) is 0 Å². The van der Waals surface area contributed by atoms with Gasteiger partial charge in [0.2, 0.25) is 0 Å². The first-order chi connectivity index (χ1) is 6.08. The fraction of sp³-hybridized carbons (Fsp3) is 0.875. The van der Waals surface area contributed by atoms with Crippen LogP contribution in [0.25, 0.3) is 0 Å². The fourth-order valence-electron chi connectivity index (χ4n) is 1.57. The van der Waals surface area contributed by atoms with Crippen molar-refractivity contribution in [3.8, 4) is 0 Å². The fourth-order valence-corrected chi connectivity index (χ4v) is 2.77. The van der Waals surface area contributed by atoms with Gasteiger partial charge in [0.1, 0.15) is 0 Å². The van der Waals surface area contributed by atoms with Gasteiger partial charge in [-0.1, -0.05) is 0 Å². The number of rotatable bonds is 1. The summed E-state index contributed by atoms with van der Waals surface area (Å²) in [6.07, 6.45) is 2.23. The highest BCUT2D eigenvalue weighted by Crippen LogP contribution is 2.31. The van der Waals surface area contributed by atoms with Crippen LogP contribution in [0.4, 0.5) is 0 Å². The van der Waals surface area contributed by atoms with Gasteiger partial charge in [0, 0.05) is 19.0 Å². The molecule has 74 valence electrons. The molecule has 0 unspecified atom stereocenters. The Morgan fingerprint density at radius 1 is 1.23 bits per heavy atom. The van der Waals surface area contributed by atoms with Crippen LogP contribution >= 0.6 is 0 Å². The van der Waals surface area contributed by atoms with E-state index in [0.29, 0.717) is 24.8 Å². The Balaban J connectivity index is 1.94. The first-order valence-electron chi connectivity index (χ1n) is 4.62. The zero-order chi connectivity index (χ0) is 9.47. The highest BCUT2D eigenvalue weighted by molar-refractivity contribution is 7.91. The van der Waals surface area contributed by atoms with Gasteiger partial charge in [-0.2, -0.15) is 0 Å². The Labute approximate surface area is 78.4 Å². The van der Waals surface area contributed by atoms with Crippen molar-refractivity contribution in [2.45, 2.75) is 12.8 Å². The molecule has 13 heavy (non-hydrogen) atoms. The Morgan fingerprint density at radius 3 is 2.23 bits per heavy atom. The third-order valence-electron chi connectivity index (χ3n) is 2.65. The molecule has 1 aliphatic carbocycles. The van der Waals surface area contributed by atoms with Crippen molar-refractivity contribution < 1.29 is 8.42 Å². The zero-order valence-electron chi connectivity index (χ0n) is 7.49. The van der Waals surface area contributed by atoms with Crippen LogP contribution in [0.3, 0.4) is 0 Å². The molecule has 5 heteroatoms. The summed E-state index contributed by atoms with van der Waals surface area (Å²) in [5.74, 6) is 1.54. The summed E-state index contributed by atoms with van der Waals surface area (Å²) in [5, 5.41) is 7.76. The summed E-state index contributed by atoms with van der Waals surface area (Å²) >= 11 is 0. The lowest BCUT2D eigenvalue weighted by Gasteiger charge is -2.28. The Kier molecular flexibility index (Phi) is 2.06. The lowest BCUT2D eigenvalue weighted by atomic mass is 10.3. The van der Waals surface area contributed by atoms with E-state index in [1.807, 2.05) is 4.90 Å². The maximum Gasteiger partial charge on any atom is 0.153 e. The van der Waals surface area contributed by atoms with Gasteiger partial charge >= 0.3 is 0 Å². The predicted octanol–water partition coefficient (Wildman–Crippen LogP) is 0.104. The normalized spacial score (nSPS) is 27.2. The van der Waals surface area contributed by atoms with Crippen LogP contribution in [0.15, 0.2) is 0 Å². The number of hydrogen-bond acceptors (Lipinski definition) is 3. The molecule has 2 aliphatic rings. The second-order valence-corrected chi connectivity index (χ2v) is 6.10. The van der Waals surface area contributed by atoms with E-state index < -0.39 is 9.84 Å². The third-order valence-corrected chi connectivity index (χ3v) is 4.26. The van der Waals surface area contributed by atoms with Gasteiger partial charge in [-0.3, -0.25) is 5.41 Å². The van der Waals surface area contributed by atoms with E-state index in [1.54, 1.807) is 0 Å². The quantitative estimate of drug-likeness (QED) is 0.485. The van der Waals surface area contributed by atoms with Gasteiger partial charge in [-0.05, 0) is 12.8 Å². The van der Waals surface area contributed by atoms with E-state index in [2.05, 4.69) is 0 Å². The number of nitrogens with one attached hydrogen (secondary N) is 1. The highest BCUT2D eigenvalue weighted by atomic mass is 32.2. The zero-order valence-corrected chi connectivity index (χ0v) is 8.31. The van der Waals surface area contributed by atoms with E-state index >= 15 is 0 Å². The second-order valence-electron chi connectivity index (χ2n) is 3.80. The van der Waals surface area contributed by atoms with Gasteiger partial charge in [0.25, 0.3) is 0 Å². The van der Waals surface area contributed by atoms with Gasteiger partial charge in [0.05, 0.1) is 17.3 Å². The van der Waals surface area contributed by atoms with E-state index in [1.165, 1.54) is 0 Å². The second kappa shape index (κ2) is 2.97. The summed E-state index contributed by atoms with van der Waals surface area (Å²) in [4.78, 5) is 1.92. The molecular formula is C8H14N2O2S. The molecule has 0 aromatic rings. The van der Waals surface area contributed by atoms with E-state index in [0.717, 1.165) is 12.8 Å². The van der Waals surface area contributed by atoms with Crippen molar-refractivity contribution in [2.24, 2.45) is 5.92 Å². The summed E-state index contributed by atoms with van der Waals surface area (Å²) in [6.45, 7) is 1.05. The molecule has 1 saturated carbocycles. The minimum Gasteiger partial charge on any atom is -0.358 e. The number of nitrogens with zero attached hydrogens (tertiary/aromatic N) is 1. The number of amidine groups is 1. The van der Waals surface area contributed by atoms with Gasteiger partial charge in [0.15, 0.2) is 9.84 Å². The molecule has 2 fully saturated rings. The average molecular weight is 202 g/mol. The predicted molar refractivity (Wildman–Crippen MR) is 50.7 cm³/mol. The molecule has 1 saturated heterocycles. The largest absolute Gasteiger partial charge is 0.358 e. The molecule has 0 bridgehead atoms. The molecule has 0 aromatic carbocycles. The lowest BCUT2D eigenvalue weighted by Crippen LogP contribution is -2.44. The Morgan fingerprint density at radius 2 is 1.77 bits per heavy atom. The average Bonchev–Trinajstić information content (AvgIpc) is 2.85. The minimum absolute atomic E-state index is 0.224. The highest BCUT2D eigenvalue weighted by Gasteiger charge is 2.32. The minimum atomic E-state index is -2.79. The lowest BCUT2D eigenvalue weighted by molar-refractivity contribution is 0.429. The third kappa shape index (κ3) is 2.02. The summed E-state index contributed by atoms with van der Waals surface area (Å²) in [7, 11) is -2.79. The van der Waals surface area contributed by atoms with Crippen molar-refractivity contribution in [3.05, 3.63) is 0 Å². The van der Waals surface area contributed by atoms with Crippen LogP contribution in [0, 0.1) is 11.3 Å². The first-order valence-corrected chi connectivity index (χ1v) is 6.44. The molecule has 1 aliphatic heterocycles. The molecule has 0 amide bonds. The van der Waals surface area contributed by atoms with Gasteiger partial charge in [-0.15, -0.1) is 0 Å². The molecule has 0 spiro atoms. The van der Waals surface area contributed by atoms with Crippen molar-refractivity contribution in [3.63, 3.8) is 0 Å². The summed E-state index contributed by atoms with van der Waals surface area (Å²) in [6, 6.07) is 0. The number of sulfone groups is 1. The smallest absolute Gasteiger partial charge is 0.153 e. The molecular weight excluding hydrogens is 188 g/mol. The van der Waals surface area contributed by atoms with Gasteiger partial charge < -0.3 is 4.90 Å². The molecule has 0 radical (unpaired) electrons. The van der Waals surface area contributed by atoms with E-state index in [9.17, 15) is 8.42 Å². The number of hydrogen-bond donors (Lipinski definition) is 1. The monoisotopic (exact) mass is 202 g/mol. The molecule has 0 atom stereocenters. The van der Waals surface area contributed by atoms with Gasteiger partial charge in [-0.25, -0.2) is 8.42 Å². The molecule has 2 rings (SSSR count). The standard InChI is InChI=1S/C8H14N2O2S/c9-8(7-1-2-7)10-3-5-13(11,12)6-4-10/h7,9H,1-6H2. The topological polar surface area (TPSA) is 61.2 Å². The first kappa shape index (κ1) is 8.99. The van der Waals surface area contributed by atoms with E-state index in [-0.39, 0.29) is 11.5 Å². The van der Waals surface area contributed by atoms with Crippen molar-refractivity contribution in [2.75, 3.05) is 24.6 Å². The Hall–Kier alpha value is -0.580. The van der Waals surface area contributed by atoms with Crippen LogP contribution in [-0.2, 0) is 9.84 Å². The summed E-state index contributed by atoms with van der Waals surface area (Å²) in [5.41, 5.74) is 0. The van der Waals surface area contributed by atoms with Crippen LogP contribution < -0.4 is 0 Å². The maximum atomic E-state index is 11.1.